The van der Waals surface area contributed by atoms with Crippen LogP contribution in [0.15, 0.2) is 0 Å². The SMILES string of the molecule is CCCC1NCC2CNCC21. The Bertz CT molecular complexity index is 134. The molecule has 0 aromatic carbocycles. The molecule has 2 N–H and O–H groups in total. The van der Waals surface area contributed by atoms with Crippen molar-refractivity contribution in [3.8, 4) is 0 Å². The second-order valence-corrected chi connectivity index (χ2v) is 3.89. The first-order chi connectivity index (χ1) is 5.42. The first kappa shape index (κ1) is 7.56. The number of nitrogens with one attached hydrogen (secondary N) is 2. The number of hydrogen-bond acceptors (Lipinski definition) is 2. The molecular formula is C9H18N2. The highest BCUT2D eigenvalue weighted by atomic mass is 15.0. The Morgan fingerprint density at radius 3 is 3.00 bits per heavy atom. The van der Waals surface area contributed by atoms with Gasteiger partial charge in [0.2, 0.25) is 0 Å². The molecule has 0 amide bonds. The maximum atomic E-state index is 3.62. The van der Waals surface area contributed by atoms with E-state index in [4.69, 9.17) is 0 Å². The van der Waals surface area contributed by atoms with Gasteiger partial charge in [-0.2, -0.15) is 0 Å². The molecule has 2 aliphatic rings. The lowest BCUT2D eigenvalue weighted by atomic mass is 9.92. The van der Waals surface area contributed by atoms with Crippen LogP contribution in [0.25, 0.3) is 0 Å². The molecule has 2 aliphatic heterocycles. The molecule has 64 valence electrons. The summed E-state index contributed by atoms with van der Waals surface area (Å²) >= 11 is 0. The molecule has 2 heterocycles. The van der Waals surface area contributed by atoms with E-state index < -0.39 is 0 Å². The van der Waals surface area contributed by atoms with Crippen LogP contribution in [-0.4, -0.2) is 25.7 Å². The Balaban J connectivity index is 1.92. The van der Waals surface area contributed by atoms with E-state index in [-0.39, 0.29) is 0 Å². The van der Waals surface area contributed by atoms with Crippen LogP contribution in [0.5, 0.6) is 0 Å². The van der Waals surface area contributed by atoms with Crippen molar-refractivity contribution in [1.29, 1.82) is 0 Å². The van der Waals surface area contributed by atoms with Gasteiger partial charge in [0, 0.05) is 6.04 Å². The van der Waals surface area contributed by atoms with Gasteiger partial charge in [-0.1, -0.05) is 13.3 Å². The Morgan fingerprint density at radius 2 is 2.18 bits per heavy atom. The third-order valence-corrected chi connectivity index (χ3v) is 3.15. The van der Waals surface area contributed by atoms with E-state index in [1.54, 1.807) is 0 Å². The van der Waals surface area contributed by atoms with Gasteiger partial charge in [0.05, 0.1) is 0 Å². The minimum absolute atomic E-state index is 0.819. The fourth-order valence-corrected chi connectivity index (χ4v) is 2.53. The van der Waals surface area contributed by atoms with Crippen LogP contribution >= 0.6 is 0 Å². The van der Waals surface area contributed by atoms with Gasteiger partial charge in [-0.3, -0.25) is 0 Å². The summed E-state index contributed by atoms with van der Waals surface area (Å²) in [5, 5.41) is 7.09. The molecule has 0 bridgehead atoms. The first-order valence-electron chi connectivity index (χ1n) is 4.86. The van der Waals surface area contributed by atoms with Crippen LogP contribution in [0.1, 0.15) is 19.8 Å². The summed E-state index contributed by atoms with van der Waals surface area (Å²) in [5.41, 5.74) is 0. The zero-order valence-corrected chi connectivity index (χ0v) is 7.27. The van der Waals surface area contributed by atoms with E-state index >= 15 is 0 Å². The normalized spacial score (nSPS) is 42.8. The van der Waals surface area contributed by atoms with Crippen LogP contribution in [0.4, 0.5) is 0 Å². The molecule has 2 rings (SSSR count). The van der Waals surface area contributed by atoms with Crippen molar-refractivity contribution in [3.05, 3.63) is 0 Å². The Kier molecular flexibility index (Phi) is 2.14. The van der Waals surface area contributed by atoms with E-state index in [1.165, 1.54) is 32.5 Å². The van der Waals surface area contributed by atoms with Gasteiger partial charge < -0.3 is 10.6 Å². The van der Waals surface area contributed by atoms with Crippen LogP contribution in [0, 0.1) is 11.8 Å². The van der Waals surface area contributed by atoms with Gasteiger partial charge in [0.15, 0.2) is 0 Å². The number of fused-ring (bicyclic) bond motifs is 1. The lowest BCUT2D eigenvalue weighted by Crippen LogP contribution is -2.30. The molecule has 2 fully saturated rings. The van der Waals surface area contributed by atoms with Gasteiger partial charge in [0.25, 0.3) is 0 Å². The molecule has 2 saturated heterocycles. The zero-order chi connectivity index (χ0) is 7.68. The first-order valence-corrected chi connectivity index (χ1v) is 4.86. The van der Waals surface area contributed by atoms with Gasteiger partial charge in [0.1, 0.15) is 0 Å². The van der Waals surface area contributed by atoms with Crippen molar-refractivity contribution in [2.75, 3.05) is 19.6 Å². The largest absolute Gasteiger partial charge is 0.316 e. The fourth-order valence-electron chi connectivity index (χ4n) is 2.53. The summed E-state index contributed by atoms with van der Waals surface area (Å²) in [4.78, 5) is 0. The van der Waals surface area contributed by atoms with E-state index in [0.29, 0.717) is 0 Å². The molecule has 0 radical (unpaired) electrons. The van der Waals surface area contributed by atoms with Crippen LogP contribution < -0.4 is 10.6 Å². The summed E-state index contributed by atoms with van der Waals surface area (Å²) in [5.74, 6) is 1.88. The smallest absolute Gasteiger partial charge is 0.0111 e. The molecule has 0 aromatic rings. The average molecular weight is 154 g/mol. The molecule has 2 heteroatoms. The maximum Gasteiger partial charge on any atom is 0.0111 e. The minimum atomic E-state index is 0.819. The van der Waals surface area contributed by atoms with Gasteiger partial charge in [-0.05, 0) is 37.9 Å². The van der Waals surface area contributed by atoms with Crippen molar-refractivity contribution in [1.82, 2.24) is 10.6 Å². The molecule has 0 spiro atoms. The lowest BCUT2D eigenvalue weighted by molar-refractivity contribution is 0.413. The Hall–Kier alpha value is -0.0800. The van der Waals surface area contributed by atoms with Gasteiger partial charge >= 0.3 is 0 Å². The molecule has 3 unspecified atom stereocenters. The van der Waals surface area contributed by atoms with Crippen LogP contribution in [0.3, 0.4) is 0 Å². The summed E-state index contributed by atoms with van der Waals surface area (Å²) in [6, 6.07) is 0.819. The molecule has 0 aliphatic carbocycles. The highest BCUT2D eigenvalue weighted by Gasteiger charge is 2.37. The third-order valence-electron chi connectivity index (χ3n) is 3.15. The van der Waals surface area contributed by atoms with Gasteiger partial charge in [-0.15, -0.1) is 0 Å². The molecule has 2 nitrogen and oxygen atoms in total. The highest BCUT2D eigenvalue weighted by Crippen LogP contribution is 2.27. The molecule has 0 saturated carbocycles. The fraction of sp³-hybridized carbons (Fsp3) is 1.00. The summed E-state index contributed by atoms with van der Waals surface area (Å²) in [6.07, 6.45) is 2.68. The van der Waals surface area contributed by atoms with Crippen molar-refractivity contribution in [3.63, 3.8) is 0 Å². The predicted molar refractivity (Wildman–Crippen MR) is 46.5 cm³/mol. The summed E-state index contributed by atoms with van der Waals surface area (Å²) in [7, 11) is 0. The quantitative estimate of drug-likeness (QED) is 0.608. The van der Waals surface area contributed by atoms with Crippen molar-refractivity contribution < 1.29 is 0 Å². The molecule has 3 atom stereocenters. The monoisotopic (exact) mass is 154 g/mol. The van der Waals surface area contributed by atoms with E-state index in [0.717, 1.165) is 17.9 Å². The summed E-state index contributed by atoms with van der Waals surface area (Å²) < 4.78 is 0. The average Bonchev–Trinajstić information content (AvgIpc) is 2.53. The predicted octanol–water partition coefficient (Wildman–Crippen LogP) is 0.594. The van der Waals surface area contributed by atoms with E-state index in [9.17, 15) is 0 Å². The second-order valence-electron chi connectivity index (χ2n) is 3.89. The molecular weight excluding hydrogens is 136 g/mol. The minimum Gasteiger partial charge on any atom is -0.316 e. The van der Waals surface area contributed by atoms with Gasteiger partial charge in [-0.25, -0.2) is 0 Å². The number of rotatable bonds is 2. The van der Waals surface area contributed by atoms with Crippen molar-refractivity contribution >= 4 is 0 Å². The molecule has 0 aromatic heterocycles. The standard InChI is InChI=1S/C9H18N2/c1-2-3-9-8-6-10-4-7(8)5-11-9/h7-11H,2-6H2,1H3. The van der Waals surface area contributed by atoms with Crippen molar-refractivity contribution in [2.45, 2.75) is 25.8 Å². The maximum absolute atomic E-state index is 3.62. The lowest BCUT2D eigenvalue weighted by Gasteiger charge is -2.16. The van der Waals surface area contributed by atoms with E-state index in [1.807, 2.05) is 0 Å². The second kappa shape index (κ2) is 3.11. The van der Waals surface area contributed by atoms with E-state index in [2.05, 4.69) is 17.6 Å². The number of hydrogen-bond donors (Lipinski definition) is 2. The zero-order valence-electron chi connectivity index (χ0n) is 7.27. The Labute approximate surface area is 68.7 Å². The third kappa shape index (κ3) is 1.30. The Morgan fingerprint density at radius 1 is 1.27 bits per heavy atom. The molecule has 11 heavy (non-hydrogen) atoms. The van der Waals surface area contributed by atoms with Crippen molar-refractivity contribution in [2.24, 2.45) is 11.8 Å². The highest BCUT2D eigenvalue weighted by molar-refractivity contribution is 4.95. The summed E-state index contributed by atoms with van der Waals surface area (Å²) in [6.45, 7) is 6.03. The van der Waals surface area contributed by atoms with Crippen LogP contribution in [0.2, 0.25) is 0 Å². The van der Waals surface area contributed by atoms with Crippen LogP contribution in [-0.2, 0) is 0 Å². The topological polar surface area (TPSA) is 24.1 Å².